The van der Waals surface area contributed by atoms with E-state index in [0.29, 0.717) is 26.2 Å². The molecule has 2 rings (SSSR count). The fraction of sp³-hybridized carbons (Fsp3) is 0.562. The molecule has 1 aromatic heterocycles. The van der Waals surface area contributed by atoms with Crippen LogP contribution in [0.1, 0.15) is 38.3 Å². The molecule has 1 aliphatic heterocycles. The number of ether oxygens (including phenoxy) is 1. The third kappa shape index (κ3) is 5.76. The summed E-state index contributed by atoms with van der Waals surface area (Å²) in [6.45, 7) is 7.86. The van der Waals surface area contributed by atoms with Crippen molar-refractivity contribution in [2.75, 3.05) is 31.1 Å². The minimum Gasteiger partial charge on any atom is -0.444 e. The van der Waals surface area contributed by atoms with Gasteiger partial charge in [-0.15, -0.1) is 0 Å². The molecule has 1 saturated heterocycles. The van der Waals surface area contributed by atoms with Gasteiger partial charge < -0.3 is 14.5 Å². The fourth-order valence-corrected chi connectivity index (χ4v) is 2.32. The van der Waals surface area contributed by atoms with E-state index in [1.165, 1.54) is 11.8 Å². The van der Waals surface area contributed by atoms with Gasteiger partial charge in [-0.05, 0) is 20.8 Å². The molecule has 2 N–H and O–H groups in total. The lowest BCUT2D eigenvalue weighted by Gasteiger charge is -2.36. The van der Waals surface area contributed by atoms with Crippen LogP contribution in [0.15, 0.2) is 6.20 Å². The van der Waals surface area contributed by atoms with Crippen molar-refractivity contribution in [1.29, 1.82) is 0 Å². The molecule has 1 fully saturated rings. The van der Waals surface area contributed by atoms with Crippen molar-refractivity contribution in [3.8, 4) is 0 Å². The fourth-order valence-electron chi connectivity index (χ4n) is 2.32. The highest BCUT2D eigenvalue weighted by Gasteiger charge is 2.28. The van der Waals surface area contributed by atoms with Crippen LogP contribution >= 0.6 is 0 Å². The van der Waals surface area contributed by atoms with E-state index >= 15 is 0 Å². The molecule has 1 aliphatic rings. The van der Waals surface area contributed by atoms with Crippen molar-refractivity contribution in [3.05, 3.63) is 17.8 Å². The number of hydrazine groups is 1. The lowest BCUT2D eigenvalue weighted by molar-refractivity contribution is -0.119. The number of amides is 3. The predicted molar refractivity (Wildman–Crippen MR) is 93.3 cm³/mol. The molecular weight excluding hydrogens is 359 g/mol. The molecule has 0 saturated carbocycles. The van der Waals surface area contributed by atoms with Gasteiger partial charge >= 0.3 is 12.0 Å². The minimum atomic E-state index is -0.765. The second-order valence-corrected chi connectivity index (χ2v) is 6.95. The zero-order chi connectivity index (χ0) is 20.2. The summed E-state index contributed by atoms with van der Waals surface area (Å²) in [5.74, 6) is -2.24. The number of halogens is 1. The molecule has 0 radical (unpaired) electrons. The summed E-state index contributed by atoms with van der Waals surface area (Å²) in [7, 11) is 0. The van der Waals surface area contributed by atoms with Crippen molar-refractivity contribution in [3.63, 3.8) is 0 Å². The topological polar surface area (TPSA) is 117 Å². The molecule has 1 aromatic rings. The van der Waals surface area contributed by atoms with Gasteiger partial charge in [-0.1, -0.05) is 0 Å². The highest BCUT2D eigenvalue weighted by molar-refractivity contribution is 5.92. The molecule has 0 atom stereocenters. The third-order valence-corrected chi connectivity index (χ3v) is 3.51. The van der Waals surface area contributed by atoms with Gasteiger partial charge in [0.05, 0.1) is 6.20 Å². The van der Waals surface area contributed by atoms with Crippen LogP contribution in [0, 0.1) is 5.82 Å². The van der Waals surface area contributed by atoms with Gasteiger partial charge in [-0.2, -0.15) is 0 Å². The lowest BCUT2D eigenvalue weighted by Crippen LogP contribution is -2.50. The Morgan fingerprint density at radius 2 is 1.78 bits per heavy atom. The van der Waals surface area contributed by atoms with Crippen LogP contribution in [-0.2, 0) is 9.53 Å². The van der Waals surface area contributed by atoms with E-state index in [-0.39, 0.29) is 11.6 Å². The van der Waals surface area contributed by atoms with E-state index in [9.17, 15) is 18.8 Å². The Morgan fingerprint density at radius 3 is 2.33 bits per heavy atom. The summed E-state index contributed by atoms with van der Waals surface area (Å²) >= 11 is 0. The first kappa shape index (κ1) is 20.3. The number of nitrogens with one attached hydrogen (secondary N) is 2. The third-order valence-electron chi connectivity index (χ3n) is 3.51. The van der Waals surface area contributed by atoms with E-state index in [1.54, 1.807) is 25.7 Å². The van der Waals surface area contributed by atoms with Gasteiger partial charge in [0.1, 0.15) is 5.60 Å². The van der Waals surface area contributed by atoms with Crippen molar-refractivity contribution in [2.45, 2.75) is 33.3 Å². The van der Waals surface area contributed by atoms with Crippen LogP contribution in [0.4, 0.5) is 15.0 Å². The minimum absolute atomic E-state index is 0.0400. The first-order chi connectivity index (χ1) is 12.6. The molecule has 11 heteroatoms. The van der Waals surface area contributed by atoms with Crippen LogP contribution in [0.2, 0.25) is 0 Å². The van der Waals surface area contributed by atoms with Gasteiger partial charge in [-0.25, -0.2) is 19.2 Å². The van der Waals surface area contributed by atoms with Gasteiger partial charge in [-0.3, -0.25) is 20.4 Å². The van der Waals surface area contributed by atoms with Crippen LogP contribution in [0.5, 0.6) is 0 Å². The maximum Gasteiger partial charge on any atom is 0.410 e. The molecule has 0 aliphatic carbocycles. The molecule has 0 spiro atoms. The van der Waals surface area contributed by atoms with Crippen molar-refractivity contribution in [1.82, 2.24) is 25.7 Å². The summed E-state index contributed by atoms with van der Waals surface area (Å²) in [6.07, 6.45) is 0.464. The normalized spacial score (nSPS) is 14.6. The average Bonchev–Trinajstić information content (AvgIpc) is 2.58. The predicted octanol–water partition coefficient (Wildman–Crippen LogP) is 0.454. The Labute approximate surface area is 156 Å². The molecule has 2 heterocycles. The lowest BCUT2D eigenvalue weighted by atomic mass is 10.2. The standard InChI is InChI=1S/C16H23FN6O4/c1-10(24)20-21-14(25)12-18-9-11(17)13(19-12)22-5-7-23(8-6-22)15(26)27-16(2,3)4/h9H,5-8H2,1-4H3,(H,20,24)(H,21,25). The van der Waals surface area contributed by atoms with Crippen molar-refractivity contribution >= 4 is 23.7 Å². The number of hydrogen-bond acceptors (Lipinski definition) is 7. The quantitative estimate of drug-likeness (QED) is 0.714. The van der Waals surface area contributed by atoms with Gasteiger partial charge in [0.2, 0.25) is 11.7 Å². The highest BCUT2D eigenvalue weighted by Crippen LogP contribution is 2.19. The molecule has 27 heavy (non-hydrogen) atoms. The molecule has 148 valence electrons. The van der Waals surface area contributed by atoms with Crippen LogP contribution in [-0.4, -0.2) is 64.6 Å². The number of piperazine rings is 1. The molecule has 0 aromatic carbocycles. The largest absolute Gasteiger partial charge is 0.444 e. The first-order valence-corrected chi connectivity index (χ1v) is 8.39. The monoisotopic (exact) mass is 382 g/mol. The number of nitrogens with zero attached hydrogens (tertiary/aromatic N) is 4. The van der Waals surface area contributed by atoms with E-state index in [4.69, 9.17) is 4.74 Å². The maximum absolute atomic E-state index is 14.1. The first-order valence-electron chi connectivity index (χ1n) is 8.39. The van der Waals surface area contributed by atoms with Gasteiger partial charge in [0.25, 0.3) is 0 Å². The molecule has 3 amide bonds. The smallest absolute Gasteiger partial charge is 0.410 e. The van der Waals surface area contributed by atoms with Crippen LogP contribution in [0.3, 0.4) is 0 Å². The van der Waals surface area contributed by atoms with Crippen LogP contribution < -0.4 is 15.8 Å². The zero-order valence-corrected chi connectivity index (χ0v) is 15.7. The Bertz CT molecular complexity index is 728. The second kappa shape index (κ2) is 8.14. The second-order valence-electron chi connectivity index (χ2n) is 6.95. The van der Waals surface area contributed by atoms with Crippen molar-refractivity contribution in [2.24, 2.45) is 0 Å². The number of rotatable bonds is 2. The number of aromatic nitrogens is 2. The molecule has 0 bridgehead atoms. The SMILES string of the molecule is CC(=O)NNC(=O)c1ncc(F)c(N2CCN(C(=O)OC(C)(C)C)CC2)n1. The van der Waals surface area contributed by atoms with Gasteiger partial charge in [0.15, 0.2) is 11.6 Å². The summed E-state index contributed by atoms with van der Waals surface area (Å²) in [6, 6.07) is 0. The number of carbonyl (C=O) groups is 3. The molecule has 0 unspecified atom stereocenters. The average molecular weight is 382 g/mol. The summed E-state index contributed by atoms with van der Waals surface area (Å²) in [4.78, 5) is 45.6. The van der Waals surface area contributed by atoms with Crippen molar-refractivity contribution < 1.29 is 23.5 Å². The Morgan fingerprint density at radius 1 is 1.15 bits per heavy atom. The summed E-state index contributed by atoms with van der Waals surface area (Å²) in [5, 5.41) is 0. The Kier molecular flexibility index (Phi) is 6.13. The summed E-state index contributed by atoms with van der Waals surface area (Å²) in [5.41, 5.74) is 3.63. The molecular formula is C16H23FN6O4. The van der Waals surface area contributed by atoms with E-state index in [1.807, 2.05) is 0 Å². The number of carbonyl (C=O) groups excluding carboxylic acids is 3. The van der Waals surface area contributed by atoms with E-state index in [0.717, 1.165) is 6.20 Å². The number of hydrogen-bond donors (Lipinski definition) is 2. The Hall–Kier alpha value is -2.98. The van der Waals surface area contributed by atoms with E-state index in [2.05, 4.69) is 20.8 Å². The zero-order valence-electron chi connectivity index (χ0n) is 15.7. The summed E-state index contributed by atoms with van der Waals surface area (Å²) < 4.78 is 19.5. The maximum atomic E-state index is 14.1. The van der Waals surface area contributed by atoms with Crippen LogP contribution in [0.25, 0.3) is 0 Å². The number of anilines is 1. The van der Waals surface area contributed by atoms with E-state index < -0.39 is 29.3 Å². The van der Waals surface area contributed by atoms with Gasteiger partial charge in [0, 0.05) is 33.1 Å². The highest BCUT2D eigenvalue weighted by atomic mass is 19.1. The molecule has 10 nitrogen and oxygen atoms in total. The Balaban J connectivity index is 2.03.